The van der Waals surface area contributed by atoms with Crippen LogP contribution in [0.2, 0.25) is 15.1 Å². The second kappa shape index (κ2) is 12.1. The van der Waals surface area contributed by atoms with Gasteiger partial charge in [0.25, 0.3) is 0 Å². The highest BCUT2D eigenvalue weighted by molar-refractivity contribution is 6.44. The van der Waals surface area contributed by atoms with Gasteiger partial charge in [0.2, 0.25) is 5.91 Å². The molecule has 0 aliphatic rings. The van der Waals surface area contributed by atoms with Crippen LogP contribution in [0.4, 0.5) is 11.4 Å². The minimum absolute atomic E-state index is 0.0915. The van der Waals surface area contributed by atoms with Gasteiger partial charge in [-0.2, -0.15) is 0 Å². The molecule has 0 aliphatic heterocycles. The molecule has 152 valence electrons. The zero-order valence-corrected chi connectivity index (χ0v) is 18.1. The number of benzene rings is 2. The van der Waals surface area contributed by atoms with E-state index in [-0.39, 0.29) is 12.5 Å². The Hall–Kier alpha value is -1.62. The summed E-state index contributed by atoms with van der Waals surface area (Å²) in [5.74, 6) is 0.584. The monoisotopic (exact) mass is 442 g/mol. The van der Waals surface area contributed by atoms with Crippen molar-refractivity contribution in [2.45, 2.75) is 39.0 Å². The lowest BCUT2D eigenvalue weighted by atomic mass is 10.2. The highest BCUT2D eigenvalue weighted by atomic mass is 35.5. The Kier molecular flexibility index (Phi) is 9.76. The first-order valence-corrected chi connectivity index (χ1v) is 10.5. The van der Waals surface area contributed by atoms with Crippen molar-refractivity contribution in [3.63, 3.8) is 0 Å². The van der Waals surface area contributed by atoms with Crippen LogP contribution in [0, 0.1) is 0 Å². The van der Waals surface area contributed by atoms with Crippen LogP contribution in [-0.4, -0.2) is 19.1 Å². The molecule has 0 saturated carbocycles. The lowest BCUT2D eigenvalue weighted by Gasteiger charge is -2.11. The number of hydrogen-bond acceptors (Lipinski definition) is 3. The number of amides is 1. The molecule has 0 spiro atoms. The summed E-state index contributed by atoms with van der Waals surface area (Å²) in [6.45, 7) is 3.02. The molecule has 0 unspecified atom stereocenters. The topological polar surface area (TPSA) is 50.4 Å². The van der Waals surface area contributed by atoms with Gasteiger partial charge < -0.3 is 15.4 Å². The van der Waals surface area contributed by atoms with E-state index in [2.05, 4.69) is 17.6 Å². The van der Waals surface area contributed by atoms with E-state index in [4.69, 9.17) is 39.5 Å². The first-order valence-electron chi connectivity index (χ1n) is 9.40. The number of rotatable bonds is 11. The van der Waals surface area contributed by atoms with E-state index in [1.165, 1.54) is 37.8 Å². The van der Waals surface area contributed by atoms with Gasteiger partial charge in [-0.1, -0.05) is 67.4 Å². The third-order valence-electron chi connectivity index (χ3n) is 4.11. The summed E-state index contributed by atoms with van der Waals surface area (Å²) in [4.78, 5) is 12.1. The largest absolute Gasteiger partial charge is 0.494 e. The van der Waals surface area contributed by atoms with Crippen LogP contribution in [0.15, 0.2) is 36.4 Å². The molecule has 1 amide bonds. The summed E-state index contributed by atoms with van der Waals surface area (Å²) >= 11 is 17.9. The molecule has 0 saturated heterocycles. The van der Waals surface area contributed by atoms with Gasteiger partial charge in [0.1, 0.15) is 5.75 Å². The molecule has 0 radical (unpaired) electrons. The van der Waals surface area contributed by atoms with Crippen LogP contribution >= 0.6 is 34.8 Å². The van der Waals surface area contributed by atoms with Crippen LogP contribution < -0.4 is 15.4 Å². The molecule has 2 rings (SSSR count). The Morgan fingerprint density at radius 1 is 0.929 bits per heavy atom. The van der Waals surface area contributed by atoms with Gasteiger partial charge in [-0.15, -0.1) is 0 Å². The van der Waals surface area contributed by atoms with Gasteiger partial charge in [-0.25, -0.2) is 0 Å². The molecule has 4 nitrogen and oxygen atoms in total. The fourth-order valence-corrected chi connectivity index (χ4v) is 3.15. The predicted octanol–water partition coefficient (Wildman–Crippen LogP) is 7.05. The summed E-state index contributed by atoms with van der Waals surface area (Å²) in [6.07, 6.45) is 6.06. The first-order chi connectivity index (χ1) is 13.5. The summed E-state index contributed by atoms with van der Waals surface area (Å²) < 4.78 is 5.73. The molecule has 2 N–H and O–H groups in total. The second-order valence-corrected chi connectivity index (χ2v) is 7.66. The van der Waals surface area contributed by atoms with Crippen molar-refractivity contribution >= 4 is 52.1 Å². The zero-order valence-electron chi connectivity index (χ0n) is 15.9. The molecule has 2 aromatic rings. The highest BCUT2D eigenvalue weighted by Gasteiger charge is 2.09. The Morgan fingerprint density at radius 2 is 1.61 bits per heavy atom. The second-order valence-electron chi connectivity index (χ2n) is 6.43. The molecule has 0 atom stereocenters. The number of ether oxygens (including phenoxy) is 1. The minimum Gasteiger partial charge on any atom is -0.494 e. The van der Waals surface area contributed by atoms with Crippen molar-refractivity contribution in [2.24, 2.45) is 0 Å². The van der Waals surface area contributed by atoms with E-state index in [1.807, 2.05) is 24.3 Å². The quantitative estimate of drug-likeness (QED) is 0.289. The Bertz CT molecular complexity index is 767. The average molecular weight is 444 g/mol. The molecule has 28 heavy (non-hydrogen) atoms. The number of carbonyl (C=O) groups is 1. The van der Waals surface area contributed by atoms with E-state index in [9.17, 15) is 4.79 Å². The highest BCUT2D eigenvalue weighted by Crippen LogP contribution is 2.32. The van der Waals surface area contributed by atoms with E-state index in [0.29, 0.717) is 20.8 Å². The summed E-state index contributed by atoms with van der Waals surface area (Å²) in [7, 11) is 0. The number of halogens is 3. The van der Waals surface area contributed by atoms with Crippen molar-refractivity contribution in [1.29, 1.82) is 0 Å². The van der Waals surface area contributed by atoms with Crippen molar-refractivity contribution in [2.75, 3.05) is 23.8 Å². The van der Waals surface area contributed by atoms with E-state index in [1.54, 1.807) is 0 Å². The number of nitrogens with one attached hydrogen (secondary N) is 2. The standard InChI is InChI=1S/C21H25Cl3N2O2/c1-2-3-4-5-6-11-28-16-9-7-15(8-10-16)25-14-21(27)26-20-13-18(23)17(22)12-19(20)24/h7-10,12-13,25H,2-6,11,14H2,1H3,(H,26,27). The van der Waals surface area contributed by atoms with Crippen LogP contribution in [-0.2, 0) is 4.79 Å². The van der Waals surface area contributed by atoms with Gasteiger partial charge in [-0.3, -0.25) is 4.79 Å². The maximum atomic E-state index is 12.1. The van der Waals surface area contributed by atoms with Crippen molar-refractivity contribution in [1.82, 2.24) is 0 Å². The fourth-order valence-electron chi connectivity index (χ4n) is 2.56. The van der Waals surface area contributed by atoms with Crippen molar-refractivity contribution < 1.29 is 9.53 Å². The Balaban J connectivity index is 1.74. The number of carbonyl (C=O) groups excluding carboxylic acids is 1. The maximum Gasteiger partial charge on any atom is 0.243 e. The predicted molar refractivity (Wildman–Crippen MR) is 119 cm³/mol. The van der Waals surface area contributed by atoms with Crippen molar-refractivity contribution in [3.8, 4) is 5.75 Å². The maximum absolute atomic E-state index is 12.1. The van der Waals surface area contributed by atoms with E-state index < -0.39 is 0 Å². The smallest absolute Gasteiger partial charge is 0.243 e. The molecular formula is C21H25Cl3N2O2. The Morgan fingerprint density at radius 3 is 2.32 bits per heavy atom. The molecule has 0 heterocycles. The third-order valence-corrected chi connectivity index (χ3v) is 5.14. The molecule has 0 aliphatic carbocycles. The molecule has 0 fully saturated rings. The average Bonchev–Trinajstić information content (AvgIpc) is 2.68. The minimum atomic E-state index is -0.243. The van der Waals surface area contributed by atoms with Crippen LogP contribution in [0.5, 0.6) is 5.75 Å². The molecular weight excluding hydrogens is 419 g/mol. The van der Waals surface area contributed by atoms with Crippen LogP contribution in [0.3, 0.4) is 0 Å². The summed E-state index contributed by atoms with van der Waals surface area (Å²) in [6, 6.07) is 10.6. The number of unbranched alkanes of at least 4 members (excludes halogenated alkanes) is 4. The van der Waals surface area contributed by atoms with E-state index in [0.717, 1.165) is 24.5 Å². The number of anilines is 2. The molecule has 7 heteroatoms. The van der Waals surface area contributed by atoms with Gasteiger partial charge >= 0.3 is 0 Å². The van der Waals surface area contributed by atoms with Gasteiger partial charge in [-0.05, 0) is 42.8 Å². The molecule has 2 aromatic carbocycles. The molecule has 0 bridgehead atoms. The van der Waals surface area contributed by atoms with Crippen LogP contribution in [0.25, 0.3) is 0 Å². The molecule has 0 aromatic heterocycles. The fraction of sp³-hybridized carbons (Fsp3) is 0.381. The van der Waals surface area contributed by atoms with Crippen LogP contribution in [0.1, 0.15) is 39.0 Å². The lowest BCUT2D eigenvalue weighted by molar-refractivity contribution is -0.114. The van der Waals surface area contributed by atoms with Gasteiger partial charge in [0.15, 0.2) is 0 Å². The summed E-state index contributed by atoms with van der Waals surface area (Å²) in [5, 5.41) is 6.77. The SMILES string of the molecule is CCCCCCCOc1ccc(NCC(=O)Nc2cc(Cl)c(Cl)cc2Cl)cc1. The lowest BCUT2D eigenvalue weighted by Crippen LogP contribution is -2.21. The van der Waals surface area contributed by atoms with Gasteiger partial charge in [0.05, 0.1) is 33.9 Å². The van der Waals surface area contributed by atoms with Crippen molar-refractivity contribution in [3.05, 3.63) is 51.5 Å². The Labute approximate surface area is 181 Å². The van der Waals surface area contributed by atoms with Gasteiger partial charge in [0, 0.05) is 5.69 Å². The number of hydrogen-bond donors (Lipinski definition) is 2. The third kappa shape index (κ3) is 7.78. The first kappa shape index (κ1) is 22.7. The normalized spacial score (nSPS) is 10.6. The van der Waals surface area contributed by atoms with E-state index >= 15 is 0 Å². The summed E-state index contributed by atoms with van der Waals surface area (Å²) in [5.41, 5.74) is 1.25. The zero-order chi connectivity index (χ0) is 20.4.